The molecule has 11 nitrogen and oxygen atoms in total. The monoisotopic (exact) mass is 498 g/mol. The Morgan fingerprint density at radius 3 is 2.17 bits per heavy atom. The lowest BCUT2D eigenvalue weighted by Crippen LogP contribution is -2.46. The average Bonchev–Trinajstić information content (AvgIpc) is 3.12. The summed E-state index contributed by atoms with van der Waals surface area (Å²) in [4.78, 5) is 37.0. The van der Waals surface area contributed by atoms with E-state index in [1.807, 2.05) is 13.8 Å². The van der Waals surface area contributed by atoms with Gasteiger partial charge in [-0.25, -0.2) is 0 Å². The van der Waals surface area contributed by atoms with E-state index in [0.29, 0.717) is 65.5 Å². The molecule has 3 amide bonds. The van der Waals surface area contributed by atoms with Gasteiger partial charge in [-0.1, -0.05) is 0 Å². The molecule has 0 saturated carbocycles. The largest absolute Gasteiger partial charge is 0.379 e. The molecule has 0 atom stereocenters. The van der Waals surface area contributed by atoms with Crippen LogP contribution < -0.4 is 10.6 Å². The molecule has 3 N–H and O–H groups in total. The number of ether oxygens (including phenoxy) is 4. The lowest BCUT2D eigenvalue weighted by atomic mass is 10.1. The van der Waals surface area contributed by atoms with E-state index < -0.39 is 5.60 Å². The van der Waals surface area contributed by atoms with E-state index in [1.54, 1.807) is 21.0 Å². The SMILES string of the molecule is COC(C)(C)CCOC(C)(C)C(=O)NCCOCCOCCNC(=O)CCCN1C(=N)C=CC1=O. The van der Waals surface area contributed by atoms with Crippen LogP contribution in [0.25, 0.3) is 0 Å². The van der Waals surface area contributed by atoms with Crippen LogP contribution in [0.5, 0.6) is 0 Å². The minimum atomic E-state index is -0.941. The summed E-state index contributed by atoms with van der Waals surface area (Å²) in [5, 5.41) is 13.2. The van der Waals surface area contributed by atoms with Crippen LogP contribution in [-0.4, -0.2) is 99.4 Å². The van der Waals surface area contributed by atoms with Crippen LogP contribution in [0.15, 0.2) is 12.2 Å². The quantitative estimate of drug-likeness (QED) is 0.226. The third-order valence-corrected chi connectivity index (χ3v) is 5.47. The zero-order valence-corrected chi connectivity index (χ0v) is 21.7. The van der Waals surface area contributed by atoms with Crippen molar-refractivity contribution in [3.05, 3.63) is 12.2 Å². The highest BCUT2D eigenvalue weighted by Crippen LogP contribution is 2.16. The predicted octanol–water partition coefficient (Wildman–Crippen LogP) is 1.02. The number of nitrogens with zero attached hydrogens (tertiary/aromatic N) is 1. The van der Waals surface area contributed by atoms with Crippen LogP contribution in [0, 0.1) is 5.41 Å². The van der Waals surface area contributed by atoms with Crippen molar-refractivity contribution >= 4 is 23.6 Å². The number of carbonyl (C=O) groups excluding carboxylic acids is 3. The summed E-state index contributed by atoms with van der Waals surface area (Å²) in [6, 6.07) is 0. The van der Waals surface area contributed by atoms with Gasteiger partial charge in [0.2, 0.25) is 5.91 Å². The van der Waals surface area contributed by atoms with Gasteiger partial charge in [-0.2, -0.15) is 0 Å². The number of hydrogen-bond acceptors (Lipinski definition) is 8. The van der Waals surface area contributed by atoms with Crippen molar-refractivity contribution in [1.82, 2.24) is 15.5 Å². The van der Waals surface area contributed by atoms with E-state index in [9.17, 15) is 14.4 Å². The summed E-state index contributed by atoms with van der Waals surface area (Å²) in [6.07, 6.45) is 4.24. The highest BCUT2D eigenvalue weighted by atomic mass is 16.5. The van der Waals surface area contributed by atoms with Crippen molar-refractivity contribution in [1.29, 1.82) is 5.41 Å². The number of amidine groups is 1. The topological polar surface area (TPSA) is 139 Å². The minimum absolute atomic E-state index is 0.124. The van der Waals surface area contributed by atoms with Crippen molar-refractivity contribution in [3.63, 3.8) is 0 Å². The molecule has 0 aromatic rings. The summed E-state index contributed by atoms with van der Waals surface area (Å²) in [5.41, 5.74) is -1.24. The predicted molar refractivity (Wildman–Crippen MR) is 131 cm³/mol. The second-order valence-corrected chi connectivity index (χ2v) is 9.22. The van der Waals surface area contributed by atoms with Gasteiger partial charge in [0, 0.05) is 39.2 Å². The molecule has 0 aliphatic carbocycles. The second-order valence-electron chi connectivity index (χ2n) is 9.22. The second kappa shape index (κ2) is 15.6. The average molecular weight is 499 g/mol. The zero-order valence-electron chi connectivity index (χ0n) is 21.7. The fraction of sp³-hybridized carbons (Fsp3) is 0.750. The first kappa shape index (κ1) is 30.7. The molecule has 0 aromatic carbocycles. The van der Waals surface area contributed by atoms with Crippen molar-refractivity contribution < 1.29 is 33.3 Å². The summed E-state index contributed by atoms with van der Waals surface area (Å²) in [7, 11) is 1.65. The first-order chi connectivity index (χ1) is 16.5. The summed E-state index contributed by atoms with van der Waals surface area (Å²) < 4.78 is 21.9. The van der Waals surface area contributed by atoms with Crippen LogP contribution in [0.1, 0.15) is 47.0 Å². The van der Waals surface area contributed by atoms with Gasteiger partial charge in [0.1, 0.15) is 11.4 Å². The number of nitrogens with one attached hydrogen (secondary N) is 3. The molecule has 1 rings (SSSR count). The Kier molecular flexibility index (Phi) is 13.7. The minimum Gasteiger partial charge on any atom is -0.379 e. The van der Waals surface area contributed by atoms with E-state index in [-0.39, 0.29) is 35.6 Å². The number of hydrogen-bond donors (Lipinski definition) is 3. The Morgan fingerprint density at radius 2 is 1.60 bits per heavy atom. The molecular formula is C24H42N4O7. The molecule has 0 unspecified atom stereocenters. The standard InChI is InChI=1S/C24H42N4O7/c1-23(2,32-5)10-14-35-24(3,4)22(31)27-12-16-34-18-17-33-15-11-26-20(29)7-6-13-28-19(25)8-9-21(28)30/h8-9,25H,6-7,10-18H2,1-5H3,(H,26,29)(H,27,31). The zero-order chi connectivity index (χ0) is 26.3. The Bertz CT molecular complexity index is 719. The van der Waals surface area contributed by atoms with Crippen LogP contribution in [0.4, 0.5) is 0 Å². The van der Waals surface area contributed by atoms with Crippen molar-refractivity contribution in [2.24, 2.45) is 0 Å². The first-order valence-electron chi connectivity index (χ1n) is 12.0. The molecule has 11 heteroatoms. The van der Waals surface area contributed by atoms with E-state index >= 15 is 0 Å². The Labute approximate surface area is 208 Å². The summed E-state index contributed by atoms with van der Waals surface area (Å²) in [5.74, 6) is -0.389. The van der Waals surface area contributed by atoms with Gasteiger partial charge in [-0.05, 0) is 46.6 Å². The molecule has 0 spiro atoms. The molecule has 1 heterocycles. The maximum Gasteiger partial charge on any atom is 0.252 e. The van der Waals surface area contributed by atoms with Crippen molar-refractivity contribution in [2.75, 3.05) is 59.8 Å². The molecule has 0 fully saturated rings. The molecule has 0 saturated heterocycles. The van der Waals surface area contributed by atoms with E-state index in [0.717, 1.165) is 0 Å². The van der Waals surface area contributed by atoms with Gasteiger partial charge in [-0.15, -0.1) is 0 Å². The molecule has 200 valence electrons. The number of amides is 3. The maximum absolute atomic E-state index is 12.3. The van der Waals surface area contributed by atoms with Crippen LogP contribution >= 0.6 is 0 Å². The molecule has 35 heavy (non-hydrogen) atoms. The van der Waals surface area contributed by atoms with Crippen LogP contribution in [-0.2, 0) is 33.3 Å². The first-order valence-corrected chi connectivity index (χ1v) is 12.0. The van der Waals surface area contributed by atoms with Gasteiger partial charge in [0.15, 0.2) is 0 Å². The Hall–Kier alpha value is -2.34. The normalized spacial score (nSPS) is 14.0. The molecule has 0 radical (unpaired) electrons. The molecule has 0 aromatic heterocycles. The molecule has 1 aliphatic heterocycles. The Morgan fingerprint density at radius 1 is 0.971 bits per heavy atom. The maximum atomic E-state index is 12.3. The van der Waals surface area contributed by atoms with Crippen LogP contribution in [0.3, 0.4) is 0 Å². The van der Waals surface area contributed by atoms with Gasteiger partial charge in [-0.3, -0.25) is 24.7 Å². The lowest BCUT2D eigenvalue weighted by Gasteiger charge is -2.28. The number of carbonyl (C=O) groups is 3. The van der Waals surface area contributed by atoms with Gasteiger partial charge in [0.05, 0.1) is 38.6 Å². The fourth-order valence-electron chi connectivity index (χ4n) is 2.92. The van der Waals surface area contributed by atoms with Gasteiger partial charge >= 0.3 is 0 Å². The van der Waals surface area contributed by atoms with Crippen molar-refractivity contribution in [3.8, 4) is 0 Å². The lowest BCUT2D eigenvalue weighted by molar-refractivity contribution is -0.145. The number of rotatable bonds is 19. The van der Waals surface area contributed by atoms with Crippen molar-refractivity contribution in [2.45, 2.75) is 58.2 Å². The summed E-state index contributed by atoms with van der Waals surface area (Å²) >= 11 is 0. The summed E-state index contributed by atoms with van der Waals surface area (Å²) in [6.45, 7) is 10.4. The highest BCUT2D eigenvalue weighted by Gasteiger charge is 2.29. The smallest absolute Gasteiger partial charge is 0.252 e. The van der Waals surface area contributed by atoms with E-state index in [4.69, 9.17) is 24.4 Å². The van der Waals surface area contributed by atoms with E-state index in [1.165, 1.54) is 17.1 Å². The van der Waals surface area contributed by atoms with E-state index in [2.05, 4.69) is 10.6 Å². The fourth-order valence-corrected chi connectivity index (χ4v) is 2.92. The highest BCUT2D eigenvalue weighted by molar-refractivity contribution is 6.14. The third kappa shape index (κ3) is 12.8. The third-order valence-electron chi connectivity index (χ3n) is 5.47. The number of methoxy groups -OCH3 is 1. The molecular weight excluding hydrogens is 456 g/mol. The molecule has 0 bridgehead atoms. The van der Waals surface area contributed by atoms with Gasteiger partial charge < -0.3 is 29.6 Å². The Balaban J connectivity index is 1.96. The molecule has 1 aliphatic rings. The van der Waals surface area contributed by atoms with Crippen LogP contribution in [0.2, 0.25) is 0 Å². The van der Waals surface area contributed by atoms with Gasteiger partial charge in [0.25, 0.3) is 11.8 Å².